The number of nitrogens with one attached hydrogen (secondary N) is 1. The van der Waals surface area contributed by atoms with Gasteiger partial charge in [-0.25, -0.2) is 4.98 Å². The minimum atomic E-state index is 0.477. The standard InChI is InChI=1S/C15H19BrN4O2S/c1-3-5-22-13-7-11(16)10(6-12(13)21-4-2)8-18-20-15-19-14(17)9-23-15/h6-9H,3-5,17H2,1-2H3,(H,19,20). The Hall–Kier alpha value is -1.80. The Morgan fingerprint density at radius 3 is 2.78 bits per heavy atom. The van der Waals surface area contributed by atoms with Crippen LogP contribution in [-0.4, -0.2) is 24.4 Å². The zero-order valence-electron chi connectivity index (χ0n) is 13.0. The van der Waals surface area contributed by atoms with Crippen LogP contribution >= 0.6 is 27.3 Å². The van der Waals surface area contributed by atoms with E-state index < -0.39 is 0 Å². The molecule has 124 valence electrons. The van der Waals surface area contributed by atoms with Crippen LogP contribution in [0.3, 0.4) is 0 Å². The summed E-state index contributed by atoms with van der Waals surface area (Å²) in [5, 5.41) is 6.56. The zero-order valence-corrected chi connectivity index (χ0v) is 15.4. The van der Waals surface area contributed by atoms with E-state index in [2.05, 4.69) is 38.4 Å². The number of nitrogen functional groups attached to an aromatic ring is 1. The maximum absolute atomic E-state index is 5.71. The highest BCUT2D eigenvalue weighted by atomic mass is 79.9. The minimum absolute atomic E-state index is 0.477. The lowest BCUT2D eigenvalue weighted by molar-refractivity contribution is 0.276. The molecule has 0 spiro atoms. The second kappa shape index (κ2) is 8.73. The van der Waals surface area contributed by atoms with E-state index in [0.717, 1.165) is 22.2 Å². The van der Waals surface area contributed by atoms with Gasteiger partial charge in [-0.05, 0) is 41.4 Å². The summed E-state index contributed by atoms with van der Waals surface area (Å²) in [6.07, 6.45) is 2.63. The van der Waals surface area contributed by atoms with E-state index in [1.807, 2.05) is 19.1 Å². The van der Waals surface area contributed by atoms with Crippen molar-refractivity contribution in [1.82, 2.24) is 4.98 Å². The fraction of sp³-hybridized carbons (Fsp3) is 0.333. The lowest BCUT2D eigenvalue weighted by Gasteiger charge is -2.13. The number of anilines is 2. The third-order valence-corrected chi connectivity index (χ3v) is 4.16. The molecule has 0 unspecified atom stereocenters. The predicted octanol–water partition coefficient (Wildman–Crippen LogP) is 4.12. The summed E-state index contributed by atoms with van der Waals surface area (Å²) in [5.41, 5.74) is 9.28. The van der Waals surface area contributed by atoms with Gasteiger partial charge < -0.3 is 15.2 Å². The zero-order chi connectivity index (χ0) is 16.7. The molecule has 0 saturated heterocycles. The van der Waals surface area contributed by atoms with Crippen LogP contribution in [-0.2, 0) is 0 Å². The van der Waals surface area contributed by atoms with Crippen molar-refractivity contribution in [1.29, 1.82) is 0 Å². The highest BCUT2D eigenvalue weighted by Crippen LogP contribution is 2.33. The number of nitrogens with two attached hydrogens (primary N) is 1. The van der Waals surface area contributed by atoms with Crippen LogP contribution in [0.4, 0.5) is 10.9 Å². The third kappa shape index (κ3) is 5.11. The molecule has 0 aliphatic carbocycles. The number of hydrogen-bond acceptors (Lipinski definition) is 7. The molecule has 0 radical (unpaired) electrons. The molecule has 0 saturated carbocycles. The normalized spacial score (nSPS) is 10.9. The van der Waals surface area contributed by atoms with E-state index in [0.29, 0.717) is 29.9 Å². The number of hydrazone groups is 1. The summed E-state index contributed by atoms with van der Waals surface area (Å²) in [5.74, 6) is 1.90. The summed E-state index contributed by atoms with van der Waals surface area (Å²) in [7, 11) is 0. The van der Waals surface area contributed by atoms with Gasteiger partial charge in [0.1, 0.15) is 5.82 Å². The summed E-state index contributed by atoms with van der Waals surface area (Å²) < 4.78 is 12.2. The first-order chi connectivity index (χ1) is 11.1. The van der Waals surface area contributed by atoms with E-state index >= 15 is 0 Å². The number of benzene rings is 1. The summed E-state index contributed by atoms with van der Waals surface area (Å²) in [4.78, 5) is 4.07. The van der Waals surface area contributed by atoms with E-state index in [1.54, 1.807) is 11.6 Å². The lowest BCUT2D eigenvalue weighted by Crippen LogP contribution is -2.01. The Bertz CT molecular complexity index is 675. The van der Waals surface area contributed by atoms with Crippen molar-refractivity contribution in [2.45, 2.75) is 20.3 Å². The average molecular weight is 399 g/mol. The van der Waals surface area contributed by atoms with Crippen LogP contribution in [0.25, 0.3) is 0 Å². The monoisotopic (exact) mass is 398 g/mol. The van der Waals surface area contributed by atoms with E-state index in [1.165, 1.54) is 11.3 Å². The number of ether oxygens (including phenoxy) is 2. The number of hydrogen-bond donors (Lipinski definition) is 2. The average Bonchev–Trinajstić information content (AvgIpc) is 2.94. The Kier molecular flexibility index (Phi) is 6.66. The molecule has 0 bridgehead atoms. The Balaban J connectivity index is 2.15. The van der Waals surface area contributed by atoms with Crippen molar-refractivity contribution in [3.05, 3.63) is 27.5 Å². The quantitative estimate of drug-likeness (QED) is 0.516. The highest BCUT2D eigenvalue weighted by Gasteiger charge is 2.10. The van der Waals surface area contributed by atoms with Crippen LogP contribution in [0.5, 0.6) is 11.5 Å². The Morgan fingerprint density at radius 1 is 1.35 bits per heavy atom. The summed E-state index contributed by atoms with van der Waals surface area (Å²) in [6, 6.07) is 3.78. The van der Waals surface area contributed by atoms with E-state index in [4.69, 9.17) is 15.2 Å². The van der Waals surface area contributed by atoms with E-state index in [-0.39, 0.29) is 0 Å². The van der Waals surface area contributed by atoms with Crippen molar-refractivity contribution in [3.8, 4) is 11.5 Å². The molecule has 0 amide bonds. The molecule has 0 aliphatic rings. The molecular formula is C15H19BrN4O2S. The van der Waals surface area contributed by atoms with Gasteiger partial charge in [-0.2, -0.15) is 5.10 Å². The molecule has 0 atom stereocenters. The van der Waals surface area contributed by atoms with Gasteiger partial charge in [0.25, 0.3) is 0 Å². The first-order valence-electron chi connectivity index (χ1n) is 7.23. The summed E-state index contributed by atoms with van der Waals surface area (Å²) >= 11 is 4.92. The molecule has 0 aliphatic heterocycles. The van der Waals surface area contributed by atoms with Gasteiger partial charge >= 0.3 is 0 Å². The minimum Gasteiger partial charge on any atom is -0.490 e. The van der Waals surface area contributed by atoms with E-state index in [9.17, 15) is 0 Å². The molecule has 1 aromatic carbocycles. The Labute approximate surface area is 147 Å². The number of nitrogens with zero attached hydrogens (tertiary/aromatic N) is 2. The van der Waals surface area contributed by atoms with Crippen molar-refractivity contribution in [2.75, 3.05) is 24.4 Å². The topological polar surface area (TPSA) is 81.8 Å². The largest absolute Gasteiger partial charge is 0.490 e. The molecule has 1 heterocycles. The number of aromatic nitrogens is 1. The first-order valence-corrected chi connectivity index (χ1v) is 8.90. The maximum atomic E-state index is 5.71. The molecular weight excluding hydrogens is 380 g/mol. The smallest absolute Gasteiger partial charge is 0.205 e. The second-order valence-electron chi connectivity index (χ2n) is 4.55. The van der Waals surface area contributed by atoms with Crippen molar-refractivity contribution in [2.24, 2.45) is 5.10 Å². The van der Waals surface area contributed by atoms with Gasteiger partial charge in [-0.1, -0.05) is 6.92 Å². The number of rotatable bonds is 8. The fourth-order valence-corrected chi connectivity index (χ4v) is 2.71. The van der Waals surface area contributed by atoms with Gasteiger partial charge in [0.05, 0.1) is 19.4 Å². The second-order valence-corrected chi connectivity index (χ2v) is 6.26. The van der Waals surface area contributed by atoms with Crippen molar-refractivity contribution >= 4 is 44.4 Å². The fourth-order valence-electron chi connectivity index (χ4n) is 1.74. The lowest BCUT2D eigenvalue weighted by atomic mass is 10.2. The maximum Gasteiger partial charge on any atom is 0.205 e. The van der Waals surface area contributed by atoms with Gasteiger partial charge in [-0.3, -0.25) is 5.43 Å². The third-order valence-electron chi connectivity index (χ3n) is 2.71. The van der Waals surface area contributed by atoms with Crippen LogP contribution in [0.1, 0.15) is 25.8 Å². The van der Waals surface area contributed by atoms with Crippen molar-refractivity contribution < 1.29 is 9.47 Å². The molecule has 0 fully saturated rings. The summed E-state index contributed by atoms with van der Waals surface area (Å²) in [6.45, 7) is 5.21. The number of halogens is 1. The molecule has 8 heteroatoms. The highest BCUT2D eigenvalue weighted by molar-refractivity contribution is 9.10. The van der Waals surface area contributed by atoms with Gasteiger partial charge in [0.15, 0.2) is 11.5 Å². The van der Waals surface area contributed by atoms with Gasteiger partial charge in [0.2, 0.25) is 5.13 Å². The first kappa shape index (κ1) is 17.6. The van der Waals surface area contributed by atoms with Crippen LogP contribution in [0, 0.1) is 0 Å². The molecule has 2 aromatic rings. The van der Waals surface area contributed by atoms with Crippen LogP contribution in [0.2, 0.25) is 0 Å². The Morgan fingerprint density at radius 2 is 2.13 bits per heavy atom. The molecule has 3 N–H and O–H groups in total. The molecule has 23 heavy (non-hydrogen) atoms. The number of thiazole rings is 1. The molecule has 1 aromatic heterocycles. The van der Waals surface area contributed by atoms with Crippen molar-refractivity contribution in [3.63, 3.8) is 0 Å². The molecule has 6 nitrogen and oxygen atoms in total. The van der Waals surface area contributed by atoms with Crippen LogP contribution < -0.4 is 20.6 Å². The predicted molar refractivity (Wildman–Crippen MR) is 98.8 cm³/mol. The van der Waals surface area contributed by atoms with Crippen LogP contribution in [0.15, 0.2) is 27.1 Å². The molecule has 2 rings (SSSR count). The van der Waals surface area contributed by atoms with Gasteiger partial charge in [-0.15, -0.1) is 11.3 Å². The SMILES string of the molecule is CCCOc1cc(Br)c(C=NNc2nc(N)cs2)cc1OCC. The van der Waals surface area contributed by atoms with Gasteiger partial charge in [0, 0.05) is 15.4 Å².